The third-order valence-electron chi connectivity index (χ3n) is 1.28. The number of aromatic nitrogens is 2. The lowest BCUT2D eigenvalue weighted by atomic mass is 10.4. The molecule has 0 bridgehead atoms. The molecule has 0 aliphatic rings. The van der Waals surface area contributed by atoms with Gasteiger partial charge in [0.05, 0.1) is 22.9 Å². The van der Waals surface area contributed by atoms with Gasteiger partial charge in [-0.2, -0.15) is 0 Å². The molecule has 0 unspecified atom stereocenters. The highest BCUT2D eigenvalue weighted by molar-refractivity contribution is 14.1. The zero-order chi connectivity index (χ0) is 9.14. The lowest BCUT2D eigenvalue weighted by Crippen LogP contribution is -2.04. The number of rotatable bonds is 2. The number of hydrogen-bond donors (Lipinski definition) is 1. The molecule has 12 heavy (non-hydrogen) atoms. The van der Waals surface area contributed by atoms with Crippen molar-refractivity contribution >= 4 is 46.9 Å². The molecule has 1 aromatic heterocycles. The first-order chi connectivity index (χ1) is 5.66. The molecule has 0 saturated heterocycles. The summed E-state index contributed by atoms with van der Waals surface area (Å²) < 4.78 is 1.78. The first kappa shape index (κ1) is 9.17. The van der Waals surface area contributed by atoms with E-state index in [1.807, 2.05) is 7.05 Å². The molecule has 1 heterocycles. The highest BCUT2D eigenvalue weighted by atomic mass is 127. The highest BCUT2D eigenvalue weighted by Crippen LogP contribution is 2.30. The number of anilines is 2. The second kappa shape index (κ2) is 3.65. The van der Waals surface area contributed by atoms with E-state index in [4.69, 9.17) is 5.73 Å². The number of aliphatic imine (C=N–C) groups is 1. The van der Waals surface area contributed by atoms with Gasteiger partial charge in [0.25, 0.3) is 0 Å². The second-order valence-electron chi connectivity index (χ2n) is 2.07. The maximum Gasteiger partial charge on any atom is 0.168 e. The van der Waals surface area contributed by atoms with Gasteiger partial charge in [0, 0.05) is 7.05 Å². The molecule has 64 valence electrons. The molecule has 2 N–H and O–H groups in total. The zero-order valence-electron chi connectivity index (χ0n) is 6.53. The van der Waals surface area contributed by atoms with Crippen LogP contribution in [0.2, 0.25) is 0 Å². The van der Waals surface area contributed by atoms with Crippen LogP contribution in [0.1, 0.15) is 0 Å². The Balaban J connectivity index is 3.27. The molecule has 0 saturated carbocycles. The van der Waals surface area contributed by atoms with Gasteiger partial charge in [-0.1, -0.05) is 0 Å². The third-order valence-corrected chi connectivity index (χ3v) is 1.74. The van der Waals surface area contributed by atoms with Crippen LogP contribution in [0.5, 0.6) is 0 Å². The monoisotopic (exact) mass is 277 g/mol. The topological polar surface area (TPSA) is 67.4 Å². The number of nitrogens with zero attached hydrogens (tertiary/aromatic N) is 4. The zero-order valence-corrected chi connectivity index (χ0v) is 8.69. The van der Waals surface area contributed by atoms with Gasteiger partial charge in [0.15, 0.2) is 11.6 Å². The van der Waals surface area contributed by atoms with Crippen LogP contribution in [0.3, 0.4) is 0 Å². The summed E-state index contributed by atoms with van der Waals surface area (Å²) in [6.07, 6.45) is 1.40. The summed E-state index contributed by atoms with van der Waals surface area (Å²) in [5.74, 6) is 1.01. The van der Waals surface area contributed by atoms with E-state index in [2.05, 4.69) is 44.5 Å². The van der Waals surface area contributed by atoms with Crippen LogP contribution in [0.4, 0.5) is 17.3 Å². The third kappa shape index (κ3) is 1.63. The average molecular weight is 277 g/mol. The maximum absolute atomic E-state index is 5.55. The van der Waals surface area contributed by atoms with Gasteiger partial charge < -0.3 is 8.85 Å². The quantitative estimate of drug-likeness (QED) is 0.500. The lowest BCUT2D eigenvalue weighted by molar-refractivity contribution is 1.14. The summed E-state index contributed by atoms with van der Waals surface area (Å²) >= 11 is 2.07. The van der Waals surface area contributed by atoms with Crippen LogP contribution in [-0.4, -0.2) is 23.7 Å². The van der Waals surface area contributed by atoms with Crippen LogP contribution in [-0.2, 0) is 0 Å². The van der Waals surface area contributed by atoms with E-state index in [0.29, 0.717) is 17.3 Å². The van der Waals surface area contributed by atoms with E-state index < -0.39 is 0 Å². The Labute approximate surface area is 84.2 Å². The predicted octanol–water partition coefficient (Wildman–Crippen LogP) is 1.18. The van der Waals surface area contributed by atoms with Gasteiger partial charge >= 0.3 is 0 Å². The number of nitrogen functional groups attached to an aromatic ring is 1. The second-order valence-corrected chi connectivity index (χ2v) is 3.51. The van der Waals surface area contributed by atoms with Gasteiger partial charge in [0.1, 0.15) is 12.0 Å². The first-order valence-corrected chi connectivity index (χ1v) is 4.10. The van der Waals surface area contributed by atoms with Crippen molar-refractivity contribution in [1.82, 2.24) is 9.97 Å². The van der Waals surface area contributed by atoms with Crippen molar-refractivity contribution in [2.45, 2.75) is 0 Å². The maximum atomic E-state index is 5.55. The molecular formula is C6H8IN5. The number of nitrogens with two attached hydrogens (primary N) is 1. The molecule has 0 radical (unpaired) electrons. The summed E-state index contributed by atoms with van der Waals surface area (Å²) in [5, 5.41) is 0. The molecular weight excluding hydrogens is 269 g/mol. The summed E-state index contributed by atoms with van der Waals surface area (Å²) in [4.78, 5) is 11.5. The first-order valence-electron chi connectivity index (χ1n) is 3.13. The Kier molecular flexibility index (Phi) is 2.79. The van der Waals surface area contributed by atoms with Crippen molar-refractivity contribution < 1.29 is 0 Å². The van der Waals surface area contributed by atoms with Gasteiger partial charge in [0.2, 0.25) is 0 Å². The molecule has 0 atom stereocenters. The molecule has 5 nitrogen and oxygen atoms in total. The van der Waals surface area contributed by atoms with Crippen molar-refractivity contribution in [2.75, 3.05) is 15.9 Å². The van der Waals surface area contributed by atoms with Crippen LogP contribution in [0, 0.1) is 0 Å². The fourth-order valence-electron chi connectivity index (χ4n) is 0.760. The Morgan fingerprint density at radius 3 is 2.75 bits per heavy atom. The number of hydrogen-bond acceptors (Lipinski definition) is 5. The Morgan fingerprint density at radius 2 is 2.33 bits per heavy atom. The van der Waals surface area contributed by atoms with Gasteiger partial charge in [-0.15, -0.1) is 0 Å². The normalized spacial score (nSPS) is 9.50. The van der Waals surface area contributed by atoms with Crippen molar-refractivity contribution in [3.8, 4) is 0 Å². The molecule has 0 spiro atoms. The van der Waals surface area contributed by atoms with Crippen LogP contribution in [0.25, 0.3) is 0 Å². The van der Waals surface area contributed by atoms with E-state index in [9.17, 15) is 0 Å². The standard InChI is InChI=1S/C6H8IN5/c1-9-4-5(8)10-3-11-6(4)12(2)7/h3H,1H2,2H3,(H2,8,10,11). The summed E-state index contributed by atoms with van der Waals surface area (Å²) in [7, 11) is 1.84. The van der Waals surface area contributed by atoms with E-state index in [-0.39, 0.29) is 0 Å². The predicted molar refractivity (Wildman–Crippen MR) is 58.1 cm³/mol. The lowest BCUT2D eigenvalue weighted by Gasteiger charge is -2.10. The fraction of sp³-hybridized carbons (Fsp3) is 0.167. The van der Waals surface area contributed by atoms with Crippen molar-refractivity contribution in [3.63, 3.8) is 0 Å². The molecule has 0 fully saturated rings. The van der Waals surface area contributed by atoms with E-state index in [1.165, 1.54) is 6.33 Å². The Morgan fingerprint density at radius 1 is 1.67 bits per heavy atom. The molecule has 0 aromatic carbocycles. The molecule has 0 amide bonds. The molecule has 1 aromatic rings. The summed E-state index contributed by atoms with van der Waals surface area (Å²) in [6.45, 7) is 3.39. The Hall–Kier alpha value is -0.920. The summed E-state index contributed by atoms with van der Waals surface area (Å²) in [6, 6.07) is 0. The minimum absolute atomic E-state index is 0.346. The Bertz CT molecular complexity index is 298. The van der Waals surface area contributed by atoms with Crippen LogP contribution in [0.15, 0.2) is 11.3 Å². The van der Waals surface area contributed by atoms with E-state index in [1.54, 1.807) is 3.11 Å². The van der Waals surface area contributed by atoms with Gasteiger partial charge in [-0.05, 0) is 6.72 Å². The fourth-order valence-corrected chi connectivity index (χ4v) is 1.11. The SMILES string of the molecule is C=Nc1c(N)ncnc1N(C)I. The van der Waals surface area contributed by atoms with Gasteiger partial charge in [-0.3, -0.25) is 4.99 Å². The van der Waals surface area contributed by atoms with Crippen molar-refractivity contribution in [2.24, 2.45) is 4.99 Å². The largest absolute Gasteiger partial charge is 0.382 e. The minimum Gasteiger partial charge on any atom is -0.382 e. The molecule has 1 rings (SSSR count). The smallest absolute Gasteiger partial charge is 0.168 e. The van der Waals surface area contributed by atoms with Crippen LogP contribution >= 0.6 is 22.9 Å². The van der Waals surface area contributed by atoms with Crippen LogP contribution < -0.4 is 8.85 Å². The number of halogens is 1. The molecule has 0 aliphatic carbocycles. The molecule has 0 aliphatic heterocycles. The molecule has 6 heteroatoms. The highest BCUT2D eigenvalue weighted by Gasteiger charge is 2.08. The van der Waals surface area contributed by atoms with Crippen molar-refractivity contribution in [3.05, 3.63) is 6.33 Å². The average Bonchev–Trinajstić information content (AvgIpc) is 2.03. The summed E-state index contributed by atoms with van der Waals surface area (Å²) in [5.41, 5.74) is 6.08. The van der Waals surface area contributed by atoms with E-state index in [0.717, 1.165) is 0 Å². The van der Waals surface area contributed by atoms with E-state index >= 15 is 0 Å². The minimum atomic E-state index is 0.346. The van der Waals surface area contributed by atoms with Crippen molar-refractivity contribution in [1.29, 1.82) is 0 Å². The van der Waals surface area contributed by atoms with Gasteiger partial charge in [-0.25, -0.2) is 9.97 Å².